The summed E-state index contributed by atoms with van der Waals surface area (Å²) in [6, 6.07) is 0. The number of ketones is 1. The van der Waals surface area contributed by atoms with Crippen LogP contribution >= 0.6 is 0 Å². The minimum absolute atomic E-state index is 0.00924. The van der Waals surface area contributed by atoms with Gasteiger partial charge >= 0.3 is 0 Å². The number of aromatic nitrogens is 4. The Hall–Kier alpha value is -2.45. The number of aryl methyl sites for hydroxylation is 1. The molecule has 30 heavy (non-hydrogen) atoms. The van der Waals surface area contributed by atoms with E-state index in [4.69, 9.17) is 9.47 Å². The van der Waals surface area contributed by atoms with Gasteiger partial charge in [-0.05, 0) is 30.2 Å². The smallest absolute Gasteiger partial charge is 0.234 e. The number of carbonyl (C=O) groups excluding carboxylic acids is 3. The van der Waals surface area contributed by atoms with E-state index in [1.165, 1.54) is 6.92 Å². The maximum atomic E-state index is 11.9. The molecule has 1 aromatic heterocycles. The Labute approximate surface area is 174 Å². The predicted molar refractivity (Wildman–Crippen MR) is 104 cm³/mol. The monoisotopic (exact) mass is 448 g/mol. The van der Waals surface area contributed by atoms with Crippen LogP contribution in [-0.4, -0.2) is 85.4 Å². The van der Waals surface area contributed by atoms with Crippen LogP contribution in [-0.2, 0) is 40.3 Å². The molecule has 0 radical (unpaired) electrons. The number of carbonyl (C=O) groups is 3. The van der Waals surface area contributed by atoms with Crippen molar-refractivity contribution in [1.82, 2.24) is 30.7 Å². The van der Waals surface area contributed by atoms with Crippen molar-refractivity contribution in [2.75, 3.05) is 38.7 Å². The maximum absolute atomic E-state index is 11.9. The quantitative estimate of drug-likeness (QED) is 0.237. The molecule has 0 aromatic carbocycles. The standard InChI is InChI=1S/C16H28N6O7S/c1-13(23)12-29-10-9-28-8-7-17-15(24)6-3-11-30(26,27)20-16(25)5-2-4-14-18-21-22-19-14/h2-12H2,1H3,(H,17,24)(H,20,25)(H,18,19,21,22). The Balaban J connectivity index is 2.04. The first kappa shape index (κ1) is 25.6. The predicted octanol–water partition coefficient (Wildman–Crippen LogP) is -1.51. The summed E-state index contributed by atoms with van der Waals surface area (Å²) in [6.45, 7) is 2.60. The number of amides is 2. The lowest BCUT2D eigenvalue weighted by atomic mass is 10.2. The molecule has 170 valence electrons. The number of ether oxygens (including phenoxy) is 2. The molecule has 1 heterocycles. The van der Waals surface area contributed by atoms with E-state index in [1.54, 1.807) is 0 Å². The highest BCUT2D eigenvalue weighted by Crippen LogP contribution is 2.00. The van der Waals surface area contributed by atoms with Gasteiger partial charge in [0.15, 0.2) is 5.78 Å². The third-order valence-corrected chi connectivity index (χ3v) is 4.90. The fourth-order valence-electron chi connectivity index (χ4n) is 2.19. The van der Waals surface area contributed by atoms with Crippen molar-refractivity contribution in [3.8, 4) is 0 Å². The zero-order chi connectivity index (χ0) is 22.2. The topological polar surface area (TPSA) is 182 Å². The second-order valence-corrected chi connectivity index (χ2v) is 8.21. The zero-order valence-electron chi connectivity index (χ0n) is 16.9. The second kappa shape index (κ2) is 14.5. The molecule has 0 aliphatic heterocycles. The lowest BCUT2D eigenvalue weighted by Gasteiger charge is -2.08. The molecule has 0 fully saturated rings. The molecule has 0 bridgehead atoms. The fraction of sp³-hybridized carbons (Fsp3) is 0.750. The molecule has 1 rings (SSSR count). The number of rotatable bonds is 17. The summed E-state index contributed by atoms with van der Waals surface area (Å²) in [7, 11) is -3.80. The molecule has 0 saturated carbocycles. The van der Waals surface area contributed by atoms with Crippen LogP contribution in [0.2, 0.25) is 0 Å². The number of sulfonamides is 1. The molecule has 0 saturated heterocycles. The summed E-state index contributed by atoms with van der Waals surface area (Å²) in [4.78, 5) is 34.1. The summed E-state index contributed by atoms with van der Waals surface area (Å²) in [5, 5.41) is 15.6. The molecule has 0 unspecified atom stereocenters. The van der Waals surface area contributed by atoms with Gasteiger partial charge in [0, 0.05) is 25.8 Å². The van der Waals surface area contributed by atoms with E-state index in [0.717, 1.165) is 0 Å². The highest BCUT2D eigenvalue weighted by atomic mass is 32.2. The summed E-state index contributed by atoms with van der Waals surface area (Å²) in [5.74, 6) is -0.805. The van der Waals surface area contributed by atoms with Crippen LogP contribution in [0.1, 0.15) is 38.4 Å². The normalized spacial score (nSPS) is 11.2. The van der Waals surface area contributed by atoms with Gasteiger partial charge in [-0.3, -0.25) is 19.1 Å². The van der Waals surface area contributed by atoms with Crippen LogP contribution in [0.4, 0.5) is 0 Å². The molecule has 0 spiro atoms. The molecular weight excluding hydrogens is 420 g/mol. The van der Waals surface area contributed by atoms with Crippen LogP contribution in [0.15, 0.2) is 0 Å². The van der Waals surface area contributed by atoms with Crippen molar-refractivity contribution in [2.24, 2.45) is 0 Å². The largest absolute Gasteiger partial charge is 0.377 e. The van der Waals surface area contributed by atoms with E-state index < -0.39 is 15.9 Å². The Morgan fingerprint density at radius 2 is 1.77 bits per heavy atom. The van der Waals surface area contributed by atoms with Gasteiger partial charge in [-0.1, -0.05) is 0 Å². The SMILES string of the molecule is CC(=O)COCCOCCNC(=O)CCCS(=O)(=O)NC(=O)CCCc1nnn[nH]1. The molecule has 1 aromatic rings. The van der Waals surface area contributed by atoms with Crippen molar-refractivity contribution >= 4 is 27.6 Å². The molecule has 3 N–H and O–H groups in total. The van der Waals surface area contributed by atoms with E-state index in [-0.39, 0.29) is 63.1 Å². The number of aromatic amines is 1. The lowest BCUT2D eigenvalue weighted by molar-refractivity contribution is -0.123. The van der Waals surface area contributed by atoms with Crippen LogP contribution in [0.3, 0.4) is 0 Å². The van der Waals surface area contributed by atoms with Gasteiger partial charge in [0.2, 0.25) is 21.8 Å². The van der Waals surface area contributed by atoms with E-state index in [0.29, 0.717) is 25.3 Å². The third-order valence-electron chi connectivity index (χ3n) is 3.54. The highest BCUT2D eigenvalue weighted by molar-refractivity contribution is 7.90. The minimum atomic E-state index is -3.80. The van der Waals surface area contributed by atoms with Crippen molar-refractivity contribution in [3.05, 3.63) is 5.82 Å². The third kappa shape index (κ3) is 13.7. The number of nitrogens with zero attached hydrogens (tertiary/aromatic N) is 3. The van der Waals surface area contributed by atoms with Crippen molar-refractivity contribution in [1.29, 1.82) is 0 Å². The molecular formula is C16H28N6O7S. The van der Waals surface area contributed by atoms with Crippen LogP contribution in [0.5, 0.6) is 0 Å². The Bertz CT molecular complexity index is 754. The van der Waals surface area contributed by atoms with Gasteiger partial charge in [0.25, 0.3) is 0 Å². The van der Waals surface area contributed by atoms with Gasteiger partial charge in [0.1, 0.15) is 12.4 Å². The van der Waals surface area contributed by atoms with Gasteiger partial charge in [-0.2, -0.15) is 0 Å². The van der Waals surface area contributed by atoms with E-state index in [2.05, 4.69) is 25.9 Å². The Morgan fingerprint density at radius 1 is 1.03 bits per heavy atom. The first-order valence-corrected chi connectivity index (χ1v) is 11.1. The average molecular weight is 449 g/mol. The number of nitrogens with one attached hydrogen (secondary N) is 3. The summed E-state index contributed by atoms with van der Waals surface area (Å²) in [6.07, 6.45) is 0.925. The average Bonchev–Trinajstić information content (AvgIpc) is 3.16. The van der Waals surface area contributed by atoms with Crippen molar-refractivity contribution in [2.45, 2.75) is 39.0 Å². The zero-order valence-corrected chi connectivity index (χ0v) is 17.7. The summed E-state index contributed by atoms with van der Waals surface area (Å²) < 4.78 is 36.0. The molecule has 14 heteroatoms. The van der Waals surface area contributed by atoms with Crippen LogP contribution < -0.4 is 10.0 Å². The van der Waals surface area contributed by atoms with Crippen LogP contribution in [0.25, 0.3) is 0 Å². The molecule has 13 nitrogen and oxygen atoms in total. The summed E-state index contributed by atoms with van der Waals surface area (Å²) >= 11 is 0. The molecule has 2 amide bonds. The van der Waals surface area contributed by atoms with Gasteiger partial charge < -0.3 is 14.8 Å². The molecule has 0 aliphatic rings. The van der Waals surface area contributed by atoms with Crippen molar-refractivity contribution < 1.29 is 32.3 Å². The summed E-state index contributed by atoms with van der Waals surface area (Å²) in [5.41, 5.74) is 0. The van der Waals surface area contributed by atoms with Gasteiger partial charge in [-0.15, -0.1) is 5.10 Å². The molecule has 0 atom stereocenters. The number of tetrazole rings is 1. The lowest BCUT2D eigenvalue weighted by Crippen LogP contribution is -2.33. The van der Waals surface area contributed by atoms with Gasteiger partial charge in [0.05, 0.1) is 25.6 Å². The first-order valence-electron chi connectivity index (χ1n) is 9.46. The Morgan fingerprint density at radius 3 is 2.47 bits per heavy atom. The second-order valence-electron chi connectivity index (χ2n) is 6.37. The van der Waals surface area contributed by atoms with Crippen LogP contribution in [0, 0.1) is 0 Å². The minimum Gasteiger partial charge on any atom is -0.377 e. The first-order chi connectivity index (χ1) is 14.3. The number of hydrogen-bond acceptors (Lipinski definition) is 10. The maximum Gasteiger partial charge on any atom is 0.234 e. The Kier molecular flexibility index (Phi) is 12.4. The van der Waals surface area contributed by atoms with Crippen molar-refractivity contribution in [3.63, 3.8) is 0 Å². The number of Topliss-reactive ketones (excluding diaryl/α,β-unsaturated/α-hetero) is 1. The number of H-pyrrole nitrogens is 1. The van der Waals surface area contributed by atoms with E-state index in [1.807, 2.05) is 4.72 Å². The van der Waals surface area contributed by atoms with E-state index in [9.17, 15) is 22.8 Å². The number of hydrogen-bond donors (Lipinski definition) is 3. The fourth-order valence-corrected chi connectivity index (χ4v) is 3.26. The van der Waals surface area contributed by atoms with E-state index >= 15 is 0 Å². The highest BCUT2D eigenvalue weighted by Gasteiger charge is 2.15. The molecule has 0 aliphatic carbocycles. The van der Waals surface area contributed by atoms with Gasteiger partial charge in [-0.25, -0.2) is 13.5 Å².